The van der Waals surface area contributed by atoms with Crippen LogP contribution in [-0.2, 0) is 0 Å². The molecule has 0 radical (unpaired) electrons. The molecule has 22 heavy (non-hydrogen) atoms. The fourth-order valence-electron chi connectivity index (χ4n) is 2.11. The van der Waals surface area contributed by atoms with E-state index in [0.29, 0.717) is 0 Å². The second kappa shape index (κ2) is 8.77. The van der Waals surface area contributed by atoms with Crippen LogP contribution >= 0.6 is 0 Å². The molecule has 0 atom stereocenters. The molecule has 0 aliphatic carbocycles. The van der Waals surface area contributed by atoms with E-state index in [1.165, 1.54) is 0 Å². The zero-order valence-electron chi connectivity index (χ0n) is 16.9. The minimum absolute atomic E-state index is 0. The van der Waals surface area contributed by atoms with Crippen LogP contribution in [0.15, 0.2) is 30.3 Å². The van der Waals surface area contributed by atoms with Crippen LogP contribution < -0.4 is 53.3 Å². The smallest absolute Gasteiger partial charge is 0.267 e. The SMILES string of the molecule is C[Si](C)(C)c1c[cH-]c([Si](C)(C)C)c[cH-]c([Si](C)(C)C)c1.[Li+].[Li+]. The summed E-state index contributed by atoms with van der Waals surface area (Å²) in [6.07, 6.45) is 0. The summed E-state index contributed by atoms with van der Waals surface area (Å²) in [4.78, 5) is 0. The van der Waals surface area contributed by atoms with Crippen LogP contribution in [0.4, 0.5) is 0 Å². The van der Waals surface area contributed by atoms with Crippen LogP contribution in [-0.4, -0.2) is 24.2 Å². The molecular formula is C17H32Li2Si3. The van der Waals surface area contributed by atoms with Crippen LogP contribution in [0, 0.1) is 0 Å². The van der Waals surface area contributed by atoms with Gasteiger partial charge in [-0.15, -0.1) is 0 Å². The van der Waals surface area contributed by atoms with Crippen LogP contribution in [0.2, 0.25) is 58.9 Å². The van der Waals surface area contributed by atoms with E-state index in [1.54, 1.807) is 15.6 Å². The Morgan fingerprint density at radius 3 is 1.36 bits per heavy atom. The third-order valence-corrected chi connectivity index (χ3v) is 9.95. The number of hydrogen-bond donors (Lipinski definition) is 0. The van der Waals surface area contributed by atoms with Crippen molar-refractivity contribution in [1.29, 1.82) is 0 Å². The van der Waals surface area contributed by atoms with Crippen molar-refractivity contribution >= 4 is 39.8 Å². The maximum atomic E-state index is 2.51. The van der Waals surface area contributed by atoms with Crippen molar-refractivity contribution in [1.82, 2.24) is 0 Å². The van der Waals surface area contributed by atoms with E-state index in [0.717, 1.165) is 0 Å². The van der Waals surface area contributed by atoms with Gasteiger partial charge in [0.05, 0.1) is 0 Å². The van der Waals surface area contributed by atoms with Crippen molar-refractivity contribution in [2.75, 3.05) is 0 Å². The first-order valence-corrected chi connectivity index (χ1v) is 18.1. The van der Waals surface area contributed by atoms with E-state index >= 15 is 0 Å². The molecule has 0 saturated carbocycles. The summed E-state index contributed by atoms with van der Waals surface area (Å²) in [5.41, 5.74) is 0. The van der Waals surface area contributed by atoms with Crippen LogP contribution in [0.25, 0.3) is 0 Å². The fourth-order valence-corrected chi connectivity index (χ4v) is 5.77. The first-order chi connectivity index (χ1) is 8.82. The van der Waals surface area contributed by atoms with Gasteiger partial charge in [-0.3, -0.25) is 11.3 Å². The van der Waals surface area contributed by atoms with Crippen LogP contribution in [0.1, 0.15) is 0 Å². The molecule has 0 bridgehead atoms. The molecule has 0 amide bonds. The van der Waals surface area contributed by atoms with Gasteiger partial charge >= 0.3 is 37.7 Å². The number of hydrogen-bond acceptors (Lipinski definition) is 0. The zero-order chi connectivity index (χ0) is 15.8. The summed E-state index contributed by atoms with van der Waals surface area (Å²) in [5, 5.41) is 4.75. The van der Waals surface area contributed by atoms with E-state index in [2.05, 4.69) is 89.3 Å². The molecule has 0 nitrogen and oxygen atoms in total. The quantitative estimate of drug-likeness (QED) is 0.439. The predicted molar refractivity (Wildman–Crippen MR) is 104 cm³/mol. The largest absolute Gasteiger partial charge is 1.00 e. The summed E-state index contributed by atoms with van der Waals surface area (Å²) in [7, 11) is -3.81. The minimum atomic E-state index is -1.28. The average molecular weight is 335 g/mol. The Morgan fingerprint density at radius 1 is 0.591 bits per heavy atom. The molecule has 5 heteroatoms. The number of rotatable bonds is 3. The topological polar surface area (TPSA) is 0 Å². The van der Waals surface area contributed by atoms with Gasteiger partial charge in [0, 0.05) is 16.1 Å². The van der Waals surface area contributed by atoms with Gasteiger partial charge in [0.25, 0.3) is 0 Å². The van der Waals surface area contributed by atoms with Gasteiger partial charge in [0.1, 0.15) is 0 Å². The third-order valence-electron chi connectivity index (χ3n) is 3.79. The van der Waals surface area contributed by atoms with E-state index in [9.17, 15) is 0 Å². The van der Waals surface area contributed by atoms with Crippen LogP contribution in [0.3, 0.4) is 0 Å². The molecule has 1 rings (SSSR count). The van der Waals surface area contributed by atoms with Gasteiger partial charge in [-0.2, -0.15) is 11.3 Å². The van der Waals surface area contributed by atoms with Gasteiger partial charge < -0.3 is 0 Å². The molecule has 0 heterocycles. The third kappa shape index (κ3) is 7.58. The Morgan fingerprint density at radius 2 is 1.00 bits per heavy atom. The van der Waals surface area contributed by atoms with Gasteiger partial charge in [-0.05, 0) is 8.07 Å². The second-order valence-corrected chi connectivity index (χ2v) is 24.2. The first kappa shape index (κ1) is 25.1. The van der Waals surface area contributed by atoms with Crippen molar-refractivity contribution in [3.8, 4) is 0 Å². The van der Waals surface area contributed by atoms with Crippen LogP contribution in [0.5, 0.6) is 0 Å². The maximum Gasteiger partial charge on any atom is 1.00 e. The minimum Gasteiger partial charge on any atom is -0.267 e. The van der Waals surface area contributed by atoms with E-state index in [1.807, 2.05) is 0 Å². The molecular weight excluding hydrogens is 302 g/mol. The van der Waals surface area contributed by atoms with Crippen molar-refractivity contribution in [2.45, 2.75) is 58.9 Å². The van der Waals surface area contributed by atoms with Gasteiger partial charge in [-0.25, -0.2) is 23.4 Å². The summed E-state index contributed by atoms with van der Waals surface area (Å²) in [6.45, 7) is 22.0. The standard InChI is InChI=1S/C17H32Si3.2Li/c1-18(2,3)15-10-12-16(19(4,5)6)14-17(13-11-15)20(7,8)9;;/h10-14H,1-9H3;;/q-2;2*+1. The predicted octanol–water partition coefficient (Wildman–Crippen LogP) is -2.11. The van der Waals surface area contributed by atoms with E-state index in [4.69, 9.17) is 0 Å². The fraction of sp³-hybridized carbons (Fsp3) is 0.529. The molecule has 0 N–H and O–H groups in total. The van der Waals surface area contributed by atoms with E-state index in [-0.39, 0.29) is 37.7 Å². The molecule has 0 spiro atoms. The molecule has 1 aromatic rings. The summed E-state index contributed by atoms with van der Waals surface area (Å²) >= 11 is 0. The van der Waals surface area contributed by atoms with Gasteiger partial charge in [0.15, 0.2) is 0 Å². The summed E-state index contributed by atoms with van der Waals surface area (Å²) < 4.78 is 0. The summed E-state index contributed by atoms with van der Waals surface area (Å²) in [6, 6.07) is 12.1. The molecule has 114 valence electrons. The Kier molecular flexibility index (Phi) is 9.99. The summed E-state index contributed by atoms with van der Waals surface area (Å²) in [5.74, 6) is 0. The monoisotopic (exact) mass is 334 g/mol. The molecule has 0 aliphatic heterocycles. The molecule has 0 unspecified atom stereocenters. The van der Waals surface area contributed by atoms with Crippen molar-refractivity contribution in [3.63, 3.8) is 0 Å². The normalized spacial score (nSPS) is 12.0. The Balaban J connectivity index is 0. The van der Waals surface area contributed by atoms with E-state index < -0.39 is 24.2 Å². The Hall–Kier alpha value is 0.805. The Bertz CT molecular complexity index is 470. The average Bonchev–Trinajstić information content (AvgIpc) is 2.09. The van der Waals surface area contributed by atoms with Crippen molar-refractivity contribution in [2.24, 2.45) is 0 Å². The molecule has 0 saturated heterocycles. The van der Waals surface area contributed by atoms with Crippen molar-refractivity contribution in [3.05, 3.63) is 30.3 Å². The molecule has 0 aromatic heterocycles. The molecule has 0 fully saturated rings. The zero-order valence-corrected chi connectivity index (χ0v) is 19.9. The van der Waals surface area contributed by atoms with Gasteiger partial charge in [0.2, 0.25) is 0 Å². The maximum absolute atomic E-state index is 2.51. The molecule has 0 aliphatic rings. The van der Waals surface area contributed by atoms with Crippen molar-refractivity contribution < 1.29 is 37.7 Å². The second-order valence-electron chi connectivity index (χ2n) is 8.93. The first-order valence-electron chi connectivity index (χ1n) is 7.65. The molecule has 1 aromatic carbocycles. The Labute approximate surface area is 165 Å². The van der Waals surface area contributed by atoms with Gasteiger partial charge in [-0.1, -0.05) is 58.9 Å².